The molecule has 2 aliphatic rings. The number of hydrogen-bond acceptors (Lipinski definition) is 11. The predicted molar refractivity (Wildman–Crippen MR) is 159 cm³/mol. The maximum absolute atomic E-state index is 13.2. The van der Waals surface area contributed by atoms with Gasteiger partial charge in [-0.3, -0.25) is 4.68 Å². The van der Waals surface area contributed by atoms with Crippen molar-refractivity contribution in [3.8, 4) is 17.1 Å². The zero-order chi connectivity index (χ0) is 29.8. The Balaban J connectivity index is 1.53. The molecule has 0 spiro atoms. The summed E-state index contributed by atoms with van der Waals surface area (Å²) in [5, 5.41) is 7.77. The highest BCUT2D eigenvalue weighted by molar-refractivity contribution is 5.97. The maximum atomic E-state index is 13.2. The molecule has 0 bridgehead atoms. The molecule has 12 heteroatoms. The van der Waals surface area contributed by atoms with E-state index in [9.17, 15) is 9.59 Å². The van der Waals surface area contributed by atoms with Crippen LogP contribution in [0.1, 0.15) is 58.7 Å². The molecule has 0 saturated carbocycles. The van der Waals surface area contributed by atoms with E-state index in [0.717, 1.165) is 61.5 Å². The third-order valence-corrected chi connectivity index (χ3v) is 7.69. The van der Waals surface area contributed by atoms with Crippen LogP contribution < -0.4 is 15.0 Å². The molecule has 3 aromatic rings. The second-order valence-electron chi connectivity index (χ2n) is 10.6. The first-order valence-corrected chi connectivity index (χ1v) is 14.5. The zero-order valence-electron chi connectivity index (χ0n) is 25.0. The van der Waals surface area contributed by atoms with Crippen molar-refractivity contribution in [1.29, 1.82) is 0 Å². The average molecular weight is 578 g/mol. The molecule has 1 saturated heterocycles. The van der Waals surface area contributed by atoms with E-state index in [1.165, 1.54) is 7.11 Å². The first kappa shape index (κ1) is 29.3. The summed E-state index contributed by atoms with van der Waals surface area (Å²) in [4.78, 5) is 39.8. The van der Waals surface area contributed by atoms with Crippen LogP contribution in [0.3, 0.4) is 0 Å². The van der Waals surface area contributed by atoms with Crippen LogP contribution in [0.4, 0.5) is 17.3 Å². The van der Waals surface area contributed by atoms with Crippen LogP contribution >= 0.6 is 0 Å². The number of benzene rings is 1. The molecule has 1 N–H and O–H groups in total. The summed E-state index contributed by atoms with van der Waals surface area (Å²) in [5.41, 5.74) is 5.36. The average Bonchev–Trinajstić information content (AvgIpc) is 3.34. The van der Waals surface area contributed by atoms with E-state index in [1.54, 1.807) is 24.9 Å². The van der Waals surface area contributed by atoms with Gasteiger partial charge in [0.05, 0.1) is 37.4 Å². The fourth-order valence-corrected chi connectivity index (χ4v) is 5.41. The number of unbranched alkanes of at least 4 members (excludes halogenated alkanes) is 1. The lowest BCUT2D eigenvalue weighted by molar-refractivity contribution is 0.0492. The van der Waals surface area contributed by atoms with Gasteiger partial charge in [0.2, 0.25) is 5.95 Å². The first-order valence-electron chi connectivity index (χ1n) is 14.5. The third kappa shape index (κ3) is 5.89. The second kappa shape index (κ2) is 12.8. The van der Waals surface area contributed by atoms with Gasteiger partial charge in [0.1, 0.15) is 5.56 Å². The number of esters is 2. The van der Waals surface area contributed by atoms with Crippen molar-refractivity contribution in [1.82, 2.24) is 24.6 Å². The van der Waals surface area contributed by atoms with Gasteiger partial charge in [-0.05, 0) is 50.9 Å². The molecule has 2 aromatic heterocycles. The van der Waals surface area contributed by atoms with Crippen LogP contribution in [-0.2, 0) is 29.4 Å². The number of anilines is 3. The number of aromatic nitrogens is 4. The molecule has 1 aromatic carbocycles. The number of likely N-dealkylation sites (N-methyl/N-ethyl adjacent to an activating group) is 1. The maximum Gasteiger partial charge on any atom is 0.359 e. The Morgan fingerprint density at radius 2 is 1.81 bits per heavy atom. The van der Waals surface area contributed by atoms with Crippen molar-refractivity contribution in [3.63, 3.8) is 0 Å². The molecule has 1 fully saturated rings. The number of ether oxygens (including phenoxy) is 3. The molecule has 1 aliphatic carbocycles. The van der Waals surface area contributed by atoms with E-state index in [0.29, 0.717) is 53.8 Å². The van der Waals surface area contributed by atoms with Crippen LogP contribution in [0.25, 0.3) is 11.4 Å². The van der Waals surface area contributed by atoms with Crippen molar-refractivity contribution in [2.24, 2.45) is 7.05 Å². The first-order chi connectivity index (χ1) is 20.3. The number of hydrogen-bond donors (Lipinski definition) is 1. The lowest BCUT2D eigenvalue weighted by atomic mass is 9.93. The summed E-state index contributed by atoms with van der Waals surface area (Å²) >= 11 is 0. The van der Waals surface area contributed by atoms with Gasteiger partial charge < -0.3 is 29.3 Å². The minimum atomic E-state index is -0.436. The second-order valence-corrected chi connectivity index (χ2v) is 10.6. The fraction of sp³-hybridized carbons (Fsp3) is 0.500. The smallest absolute Gasteiger partial charge is 0.359 e. The molecule has 224 valence electrons. The Bertz CT molecular complexity index is 1460. The Morgan fingerprint density at radius 1 is 1.02 bits per heavy atom. The van der Waals surface area contributed by atoms with Crippen LogP contribution in [0.5, 0.6) is 5.75 Å². The van der Waals surface area contributed by atoms with Crippen LogP contribution in [0, 0.1) is 0 Å². The summed E-state index contributed by atoms with van der Waals surface area (Å²) in [6.07, 6.45) is 4.82. The predicted octanol–water partition coefficient (Wildman–Crippen LogP) is 3.61. The number of nitrogens with zero attached hydrogens (tertiary/aromatic N) is 6. The lowest BCUT2D eigenvalue weighted by Crippen LogP contribution is -2.44. The standard InChI is InChI=1S/C30H39N7O5/c1-6-8-15-42-28(38)22-16-20(37-13-11-35(3)12-14-37)17-23(27(22)40-5)32-30-31-18-19-9-10-21-25(29(39)41-7-2)34-36(4)26(21)24(19)33-30/h16-18H,6-15H2,1-5H3,(H,31,32,33). The highest BCUT2D eigenvalue weighted by Crippen LogP contribution is 2.38. The number of fused-ring (bicyclic) bond motifs is 3. The Hall–Kier alpha value is -4.19. The van der Waals surface area contributed by atoms with Crippen LogP contribution in [-0.4, -0.2) is 90.1 Å². The van der Waals surface area contributed by atoms with Gasteiger partial charge in [0, 0.05) is 50.7 Å². The molecule has 42 heavy (non-hydrogen) atoms. The summed E-state index contributed by atoms with van der Waals surface area (Å²) in [6, 6.07) is 3.81. The van der Waals surface area contributed by atoms with Gasteiger partial charge in [-0.25, -0.2) is 19.6 Å². The molecular weight excluding hydrogens is 538 g/mol. The van der Waals surface area contributed by atoms with Crippen molar-refractivity contribution in [2.45, 2.75) is 39.5 Å². The third-order valence-electron chi connectivity index (χ3n) is 7.69. The summed E-state index contributed by atoms with van der Waals surface area (Å²) < 4.78 is 18.3. The molecule has 0 atom stereocenters. The number of rotatable bonds is 10. The molecule has 0 amide bonds. The van der Waals surface area contributed by atoms with Gasteiger partial charge in [0.15, 0.2) is 11.4 Å². The number of piperazine rings is 1. The molecule has 3 heterocycles. The molecule has 1 aliphatic heterocycles. The minimum absolute atomic E-state index is 0.278. The van der Waals surface area contributed by atoms with E-state index in [1.807, 2.05) is 12.1 Å². The monoisotopic (exact) mass is 577 g/mol. The van der Waals surface area contributed by atoms with Crippen molar-refractivity contribution in [2.75, 3.05) is 63.8 Å². The number of nitrogens with one attached hydrogen (secondary N) is 1. The van der Waals surface area contributed by atoms with Crippen LogP contribution in [0.15, 0.2) is 18.3 Å². The molecular formula is C30H39N7O5. The van der Waals surface area contributed by atoms with E-state index in [4.69, 9.17) is 19.2 Å². The Labute approximate surface area is 246 Å². The topological polar surface area (TPSA) is 124 Å². The van der Waals surface area contributed by atoms with Crippen molar-refractivity contribution < 1.29 is 23.8 Å². The van der Waals surface area contributed by atoms with E-state index < -0.39 is 11.9 Å². The molecule has 0 unspecified atom stereocenters. The zero-order valence-corrected chi connectivity index (χ0v) is 25.0. The Morgan fingerprint density at radius 3 is 2.52 bits per heavy atom. The normalized spacial score (nSPS) is 14.6. The van der Waals surface area contributed by atoms with Gasteiger partial charge in [-0.2, -0.15) is 5.10 Å². The quantitative estimate of drug-likeness (QED) is 0.281. The van der Waals surface area contributed by atoms with Gasteiger partial charge in [0.25, 0.3) is 0 Å². The van der Waals surface area contributed by atoms with Gasteiger partial charge in [-0.15, -0.1) is 0 Å². The summed E-state index contributed by atoms with van der Waals surface area (Å²) in [5.74, 6) is -0.174. The largest absolute Gasteiger partial charge is 0.494 e. The van der Waals surface area contributed by atoms with Gasteiger partial charge in [-0.1, -0.05) is 13.3 Å². The summed E-state index contributed by atoms with van der Waals surface area (Å²) in [6.45, 7) is 7.93. The number of aryl methyl sites for hydroxylation is 2. The number of carbonyl (C=O) groups excluding carboxylic acids is 2. The molecule has 5 rings (SSSR count). The van der Waals surface area contributed by atoms with Gasteiger partial charge >= 0.3 is 11.9 Å². The highest BCUT2D eigenvalue weighted by Gasteiger charge is 2.30. The SMILES string of the molecule is CCCCOC(=O)c1cc(N2CCN(C)CC2)cc(Nc2ncc3c(n2)-c2c(c(C(=O)OCC)nn2C)CC3)c1OC. The number of carbonyl (C=O) groups is 2. The minimum Gasteiger partial charge on any atom is -0.494 e. The highest BCUT2D eigenvalue weighted by atomic mass is 16.5. The van der Waals surface area contributed by atoms with Crippen LogP contribution in [0.2, 0.25) is 0 Å². The number of methoxy groups -OCH3 is 1. The van der Waals surface area contributed by atoms with E-state index >= 15 is 0 Å². The molecule has 12 nitrogen and oxygen atoms in total. The summed E-state index contributed by atoms with van der Waals surface area (Å²) in [7, 11) is 5.43. The van der Waals surface area contributed by atoms with E-state index in [2.05, 4.69) is 39.2 Å². The van der Waals surface area contributed by atoms with E-state index in [-0.39, 0.29) is 6.61 Å². The van der Waals surface area contributed by atoms with Crippen molar-refractivity contribution >= 4 is 29.3 Å². The lowest BCUT2D eigenvalue weighted by Gasteiger charge is -2.34. The fourth-order valence-electron chi connectivity index (χ4n) is 5.41. The Kier molecular flexibility index (Phi) is 8.91. The molecule has 0 radical (unpaired) electrons. The van der Waals surface area contributed by atoms with Crippen molar-refractivity contribution in [3.05, 3.63) is 40.7 Å².